The highest BCUT2D eigenvalue weighted by Crippen LogP contribution is 2.21. The summed E-state index contributed by atoms with van der Waals surface area (Å²) in [6, 6.07) is 5.95. The Morgan fingerprint density at radius 3 is 3.21 bits per heavy atom. The van der Waals surface area contributed by atoms with E-state index in [9.17, 15) is 9.18 Å². The topological polar surface area (TPSA) is 46.9 Å². The number of aromatic nitrogens is 2. The summed E-state index contributed by atoms with van der Waals surface area (Å²) in [4.78, 5) is 16.2. The first-order chi connectivity index (χ1) is 9.22. The summed E-state index contributed by atoms with van der Waals surface area (Å²) in [6.45, 7) is 0.802. The lowest BCUT2D eigenvalue weighted by molar-refractivity contribution is -0.120. The quantitative estimate of drug-likeness (QED) is 0.899. The van der Waals surface area contributed by atoms with E-state index in [1.54, 1.807) is 24.7 Å². The molecule has 1 aliphatic heterocycles. The Balaban J connectivity index is 1.69. The number of benzene rings is 1. The van der Waals surface area contributed by atoms with Crippen molar-refractivity contribution in [1.82, 2.24) is 9.55 Å². The smallest absolute Gasteiger partial charge is 0.227 e. The molecule has 1 aliphatic rings. The van der Waals surface area contributed by atoms with Gasteiger partial charge in [0.2, 0.25) is 5.91 Å². The van der Waals surface area contributed by atoms with Gasteiger partial charge in [-0.05, 0) is 24.6 Å². The van der Waals surface area contributed by atoms with Gasteiger partial charge in [-0.15, -0.1) is 0 Å². The molecule has 1 aromatic heterocycles. The second-order valence-electron chi connectivity index (χ2n) is 4.77. The molecule has 1 atom stereocenters. The second kappa shape index (κ2) is 4.84. The van der Waals surface area contributed by atoms with Gasteiger partial charge >= 0.3 is 0 Å². The van der Waals surface area contributed by atoms with E-state index in [1.165, 1.54) is 12.1 Å². The second-order valence-corrected chi connectivity index (χ2v) is 4.77. The van der Waals surface area contributed by atoms with Gasteiger partial charge in [-0.3, -0.25) is 4.79 Å². The molecule has 5 heteroatoms. The summed E-state index contributed by atoms with van der Waals surface area (Å²) in [5.74, 6) is -0.481. The van der Waals surface area contributed by atoms with Crippen molar-refractivity contribution in [2.75, 3.05) is 5.32 Å². The van der Waals surface area contributed by atoms with Crippen LogP contribution in [0.4, 0.5) is 10.1 Å². The number of hydrogen-bond acceptors (Lipinski definition) is 2. The van der Waals surface area contributed by atoms with Gasteiger partial charge in [0.1, 0.15) is 5.82 Å². The van der Waals surface area contributed by atoms with Crippen LogP contribution in [0.15, 0.2) is 36.8 Å². The van der Waals surface area contributed by atoms with Crippen LogP contribution in [0.1, 0.15) is 12.1 Å². The Hall–Kier alpha value is -2.17. The van der Waals surface area contributed by atoms with E-state index in [-0.39, 0.29) is 17.6 Å². The Bertz CT molecular complexity index is 608. The normalized spacial score (nSPS) is 17.8. The van der Waals surface area contributed by atoms with Crippen LogP contribution >= 0.6 is 0 Å². The maximum Gasteiger partial charge on any atom is 0.227 e. The molecule has 0 fully saturated rings. The van der Waals surface area contributed by atoms with E-state index < -0.39 is 0 Å². The molecule has 2 heterocycles. The van der Waals surface area contributed by atoms with E-state index >= 15 is 0 Å². The molecule has 3 rings (SSSR count). The highest BCUT2D eigenvalue weighted by molar-refractivity contribution is 5.92. The number of nitrogens with zero attached hydrogens (tertiary/aromatic N) is 2. The molecule has 2 aromatic rings. The lowest BCUT2D eigenvalue weighted by Crippen LogP contribution is -2.29. The summed E-state index contributed by atoms with van der Waals surface area (Å²) in [6.07, 6.45) is 5.04. The summed E-state index contributed by atoms with van der Waals surface area (Å²) in [5.41, 5.74) is 1.58. The number of rotatable bonds is 2. The first-order valence-electron chi connectivity index (χ1n) is 6.28. The third-order valence-corrected chi connectivity index (χ3v) is 3.44. The number of aryl methyl sites for hydroxylation is 1. The van der Waals surface area contributed by atoms with E-state index in [4.69, 9.17) is 0 Å². The average Bonchev–Trinajstić information content (AvgIpc) is 2.85. The molecule has 98 valence electrons. The molecular formula is C14H14FN3O. The van der Waals surface area contributed by atoms with Crippen molar-refractivity contribution in [2.45, 2.75) is 19.4 Å². The number of carbonyl (C=O) groups excluding carboxylic acids is 1. The van der Waals surface area contributed by atoms with Gasteiger partial charge in [0, 0.05) is 36.5 Å². The zero-order valence-electron chi connectivity index (χ0n) is 10.3. The molecule has 1 unspecified atom stereocenters. The minimum Gasteiger partial charge on any atom is -0.335 e. The van der Waals surface area contributed by atoms with Crippen molar-refractivity contribution < 1.29 is 9.18 Å². The molecule has 0 saturated carbocycles. The van der Waals surface area contributed by atoms with Gasteiger partial charge in [-0.2, -0.15) is 0 Å². The van der Waals surface area contributed by atoms with Gasteiger partial charge in [0.25, 0.3) is 0 Å². The number of fused-ring (bicyclic) bond motifs is 1. The fourth-order valence-corrected chi connectivity index (χ4v) is 2.40. The number of amides is 1. The standard InChI is InChI=1S/C14H14FN3O/c15-11-2-1-3-12(7-11)17-14(19)10-4-5-18-9-16-8-13(18)6-10/h1-3,7-10H,4-6H2,(H,17,19). The Morgan fingerprint density at radius 2 is 2.37 bits per heavy atom. The van der Waals surface area contributed by atoms with E-state index in [1.807, 2.05) is 0 Å². The molecule has 1 aromatic carbocycles. The number of anilines is 1. The van der Waals surface area contributed by atoms with Crippen LogP contribution in [-0.2, 0) is 17.8 Å². The number of halogens is 1. The molecule has 0 bridgehead atoms. The first-order valence-corrected chi connectivity index (χ1v) is 6.28. The minimum atomic E-state index is -0.348. The average molecular weight is 259 g/mol. The van der Waals surface area contributed by atoms with Crippen LogP contribution in [0.25, 0.3) is 0 Å². The SMILES string of the molecule is O=C(Nc1cccc(F)c1)C1CCn2cncc2C1. The van der Waals surface area contributed by atoms with Crippen molar-refractivity contribution in [3.8, 4) is 0 Å². The van der Waals surface area contributed by atoms with Crippen molar-refractivity contribution in [2.24, 2.45) is 5.92 Å². The molecule has 4 nitrogen and oxygen atoms in total. The highest BCUT2D eigenvalue weighted by atomic mass is 19.1. The van der Waals surface area contributed by atoms with Crippen LogP contribution in [0, 0.1) is 11.7 Å². The molecular weight excluding hydrogens is 245 g/mol. The Morgan fingerprint density at radius 1 is 1.47 bits per heavy atom. The summed E-state index contributed by atoms with van der Waals surface area (Å²) in [5, 5.41) is 2.77. The zero-order valence-corrected chi connectivity index (χ0v) is 10.3. The summed E-state index contributed by atoms with van der Waals surface area (Å²) >= 11 is 0. The molecule has 0 aliphatic carbocycles. The maximum absolute atomic E-state index is 13.1. The van der Waals surface area contributed by atoms with Crippen molar-refractivity contribution in [3.63, 3.8) is 0 Å². The third kappa shape index (κ3) is 2.50. The van der Waals surface area contributed by atoms with Gasteiger partial charge < -0.3 is 9.88 Å². The fraction of sp³-hybridized carbons (Fsp3) is 0.286. The minimum absolute atomic E-state index is 0.0574. The van der Waals surface area contributed by atoms with Crippen LogP contribution in [0.5, 0.6) is 0 Å². The Labute approximate surface area is 110 Å². The molecule has 19 heavy (non-hydrogen) atoms. The first kappa shape index (κ1) is 11.9. The van der Waals surface area contributed by atoms with E-state index in [0.29, 0.717) is 12.1 Å². The van der Waals surface area contributed by atoms with E-state index in [2.05, 4.69) is 14.9 Å². The predicted molar refractivity (Wildman–Crippen MR) is 69.1 cm³/mol. The zero-order chi connectivity index (χ0) is 13.2. The molecule has 1 amide bonds. The summed E-state index contributed by atoms with van der Waals surface area (Å²) in [7, 11) is 0. The molecule has 1 N–H and O–H groups in total. The van der Waals surface area contributed by atoms with Crippen LogP contribution in [0.3, 0.4) is 0 Å². The lowest BCUT2D eigenvalue weighted by atomic mass is 9.95. The van der Waals surface area contributed by atoms with Crippen molar-refractivity contribution >= 4 is 11.6 Å². The highest BCUT2D eigenvalue weighted by Gasteiger charge is 2.24. The Kier molecular flexibility index (Phi) is 3.03. The van der Waals surface area contributed by atoms with Gasteiger partial charge in [0.05, 0.1) is 6.33 Å². The van der Waals surface area contributed by atoms with Crippen LogP contribution < -0.4 is 5.32 Å². The van der Waals surface area contributed by atoms with Crippen molar-refractivity contribution in [1.29, 1.82) is 0 Å². The number of hydrogen-bond donors (Lipinski definition) is 1. The van der Waals surface area contributed by atoms with Crippen molar-refractivity contribution in [3.05, 3.63) is 48.3 Å². The number of carbonyl (C=O) groups is 1. The largest absolute Gasteiger partial charge is 0.335 e. The number of imidazole rings is 1. The summed E-state index contributed by atoms with van der Waals surface area (Å²) < 4.78 is 15.1. The van der Waals surface area contributed by atoms with Crippen LogP contribution in [0.2, 0.25) is 0 Å². The van der Waals surface area contributed by atoms with Gasteiger partial charge in [0.15, 0.2) is 0 Å². The fourth-order valence-electron chi connectivity index (χ4n) is 2.40. The third-order valence-electron chi connectivity index (χ3n) is 3.44. The van der Waals surface area contributed by atoms with Gasteiger partial charge in [-0.25, -0.2) is 9.37 Å². The molecule has 0 saturated heterocycles. The van der Waals surface area contributed by atoms with Crippen LogP contribution in [-0.4, -0.2) is 15.5 Å². The monoisotopic (exact) mass is 259 g/mol. The van der Waals surface area contributed by atoms with E-state index in [0.717, 1.165) is 18.7 Å². The molecule has 0 spiro atoms. The lowest BCUT2D eigenvalue weighted by Gasteiger charge is -2.22. The predicted octanol–water partition coefficient (Wildman–Crippen LogP) is 2.22. The maximum atomic E-state index is 13.1. The number of nitrogens with one attached hydrogen (secondary N) is 1. The van der Waals surface area contributed by atoms with Gasteiger partial charge in [-0.1, -0.05) is 6.07 Å². The molecule has 0 radical (unpaired) electrons.